The van der Waals surface area contributed by atoms with E-state index in [4.69, 9.17) is 4.42 Å². The van der Waals surface area contributed by atoms with E-state index in [0.29, 0.717) is 29.4 Å². The average molecular weight is 390 g/mol. The molecule has 0 aliphatic heterocycles. The second kappa shape index (κ2) is 7.85. The number of nitrogens with zero attached hydrogens (tertiary/aromatic N) is 3. The third-order valence-corrected chi connectivity index (χ3v) is 4.18. The van der Waals surface area contributed by atoms with Crippen LogP contribution in [0.4, 0.5) is 11.4 Å². The Labute approximate surface area is 165 Å². The van der Waals surface area contributed by atoms with E-state index in [1.165, 1.54) is 6.26 Å². The number of rotatable bonds is 6. The van der Waals surface area contributed by atoms with E-state index in [9.17, 15) is 9.59 Å². The highest BCUT2D eigenvalue weighted by Gasteiger charge is 2.21. The zero-order chi connectivity index (χ0) is 20.2. The van der Waals surface area contributed by atoms with Crippen LogP contribution in [0.25, 0.3) is 11.5 Å². The molecule has 146 valence electrons. The number of hydrogen-bond acceptors (Lipinski definition) is 5. The molecule has 29 heavy (non-hydrogen) atoms. The van der Waals surface area contributed by atoms with Crippen molar-refractivity contribution in [2.24, 2.45) is 0 Å². The van der Waals surface area contributed by atoms with Crippen LogP contribution in [-0.2, 0) is 6.54 Å². The molecule has 4 rings (SSSR count). The van der Waals surface area contributed by atoms with Crippen molar-refractivity contribution in [3.63, 3.8) is 0 Å². The summed E-state index contributed by atoms with van der Waals surface area (Å²) >= 11 is 0. The van der Waals surface area contributed by atoms with Crippen molar-refractivity contribution in [3.8, 4) is 11.5 Å². The standard InChI is InChI=1S/C20H18N6O3/c1-2-26-12-16(18(25-26)20(28)21-13-7-4-3-5-8-13)22-19(27)15-11-14(23-24-15)17-9-6-10-29-17/h3-12H,2H2,1H3,(H,21,28)(H,22,27)(H,23,24). The van der Waals surface area contributed by atoms with E-state index in [2.05, 4.69) is 25.9 Å². The van der Waals surface area contributed by atoms with Gasteiger partial charge in [0.2, 0.25) is 0 Å². The Hall–Kier alpha value is -4.14. The third kappa shape index (κ3) is 3.93. The van der Waals surface area contributed by atoms with Gasteiger partial charge in [0.05, 0.1) is 12.0 Å². The van der Waals surface area contributed by atoms with Crippen molar-refractivity contribution in [2.45, 2.75) is 13.5 Å². The summed E-state index contributed by atoms with van der Waals surface area (Å²) in [4.78, 5) is 25.3. The predicted molar refractivity (Wildman–Crippen MR) is 107 cm³/mol. The van der Waals surface area contributed by atoms with Crippen molar-refractivity contribution < 1.29 is 14.0 Å². The minimum atomic E-state index is -0.469. The second-order valence-electron chi connectivity index (χ2n) is 6.17. The lowest BCUT2D eigenvalue weighted by Gasteiger charge is -2.05. The normalized spacial score (nSPS) is 10.7. The van der Waals surface area contributed by atoms with Gasteiger partial charge in [0.15, 0.2) is 17.1 Å². The molecule has 9 heteroatoms. The molecule has 4 aromatic rings. The number of carbonyl (C=O) groups excluding carboxylic acids is 2. The van der Waals surface area contributed by atoms with Crippen molar-refractivity contribution >= 4 is 23.2 Å². The molecule has 3 aromatic heterocycles. The molecule has 3 N–H and O–H groups in total. The Bertz CT molecular complexity index is 1130. The molecule has 3 heterocycles. The number of hydrogen-bond donors (Lipinski definition) is 3. The van der Waals surface area contributed by atoms with Crippen LogP contribution in [0.3, 0.4) is 0 Å². The first kappa shape index (κ1) is 18.2. The van der Waals surface area contributed by atoms with Crippen LogP contribution in [0.2, 0.25) is 0 Å². The van der Waals surface area contributed by atoms with Crippen LogP contribution in [0.15, 0.2) is 65.4 Å². The molecule has 0 bridgehead atoms. The number of aryl methyl sites for hydroxylation is 1. The van der Waals surface area contributed by atoms with Gasteiger partial charge in [0.25, 0.3) is 11.8 Å². The van der Waals surface area contributed by atoms with Gasteiger partial charge in [-0.25, -0.2) is 0 Å². The smallest absolute Gasteiger partial charge is 0.278 e. The number of aromatic amines is 1. The number of H-pyrrole nitrogens is 1. The van der Waals surface area contributed by atoms with Crippen molar-refractivity contribution in [2.75, 3.05) is 10.6 Å². The maximum atomic E-state index is 12.7. The number of nitrogens with one attached hydrogen (secondary N) is 3. The summed E-state index contributed by atoms with van der Waals surface area (Å²) in [6.45, 7) is 2.44. The highest BCUT2D eigenvalue weighted by Crippen LogP contribution is 2.20. The van der Waals surface area contributed by atoms with Crippen LogP contribution < -0.4 is 10.6 Å². The lowest BCUT2D eigenvalue weighted by Crippen LogP contribution is -2.18. The Morgan fingerprint density at radius 3 is 2.66 bits per heavy atom. The maximum Gasteiger partial charge on any atom is 0.278 e. The van der Waals surface area contributed by atoms with Gasteiger partial charge in [0, 0.05) is 24.5 Å². The second-order valence-corrected chi connectivity index (χ2v) is 6.17. The van der Waals surface area contributed by atoms with Crippen LogP contribution in [-0.4, -0.2) is 31.8 Å². The predicted octanol–water partition coefficient (Wildman–Crippen LogP) is 3.39. The summed E-state index contributed by atoms with van der Waals surface area (Å²) in [5.74, 6) is -0.321. The van der Waals surface area contributed by atoms with Crippen LogP contribution in [0.1, 0.15) is 27.9 Å². The van der Waals surface area contributed by atoms with Gasteiger partial charge in [0.1, 0.15) is 5.69 Å². The first-order valence-electron chi connectivity index (χ1n) is 8.98. The third-order valence-electron chi connectivity index (χ3n) is 4.18. The fraction of sp³-hybridized carbons (Fsp3) is 0.100. The highest BCUT2D eigenvalue weighted by molar-refractivity contribution is 6.11. The number of furan rings is 1. The minimum absolute atomic E-state index is 0.117. The molecule has 0 aliphatic rings. The van der Waals surface area contributed by atoms with E-state index >= 15 is 0 Å². The molecule has 0 atom stereocenters. The number of anilines is 2. The molecule has 0 saturated carbocycles. The topological polar surface area (TPSA) is 118 Å². The number of amides is 2. The van der Waals surface area contributed by atoms with Crippen LogP contribution >= 0.6 is 0 Å². The van der Waals surface area contributed by atoms with E-state index in [1.807, 2.05) is 25.1 Å². The van der Waals surface area contributed by atoms with Crippen molar-refractivity contribution in [1.29, 1.82) is 0 Å². The Balaban J connectivity index is 1.54. The number of benzene rings is 1. The molecule has 0 spiro atoms. The summed E-state index contributed by atoms with van der Waals surface area (Å²) in [6.07, 6.45) is 3.14. The molecule has 0 unspecified atom stereocenters. The van der Waals surface area contributed by atoms with E-state index in [0.717, 1.165) is 0 Å². The van der Waals surface area contributed by atoms with Gasteiger partial charge in [-0.2, -0.15) is 10.2 Å². The Morgan fingerprint density at radius 2 is 1.93 bits per heavy atom. The summed E-state index contributed by atoms with van der Waals surface area (Å²) in [5, 5.41) is 16.5. The van der Waals surface area contributed by atoms with Crippen LogP contribution in [0, 0.1) is 0 Å². The quantitative estimate of drug-likeness (QED) is 0.466. The zero-order valence-electron chi connectivity index (χ0n) is 15.5. The lowest BCUT2D eigenvalue weighted by atomic mass is 10.2. The van der Waals surface area contributed by atoms with Crippen molar-refractivity contribution in [1.82, 2.24) is 20.0 Å². The monoisotopic (exact) mass is 390 g/mol. The van der Waals surface area contributed by atoms with Gasteiger partial charge in [-0.3, -0.25) is 19.4 Å². The fourth-order valence-corrected chi connectivity index (χ4v) is 2.74. The molecular formula is C20H18N6O3. The Kier molecular flexibility index (Phi) is 4.93. The molecule has 2 amide bonds. The Morgan fingerprint density at radius 1 is 1.10 bits per heavy atom. The molecule has 0 aliphatic carbocycles. The SMILES string of the molecule is CCn1cc(NC(=O)c2cc(-c3ccco3)[nH]n2)c(C(=O)Nc2ccccc2)n1. The van der Waals surface area contributed by atoms with Gasteiger partial charge in [-0.1, -0.05) is 18.2 Å². The molecule has 0 radical (unpaired) electrons. The van der Waals surface area contributed by atoms with Gasteiger partial charge in [-0.15, -0.1) is 0 Å². The van der Waals surface area contributed by atoms with E-state index in [1.54, 1.807) is 41.2 Å². The summed E-state index contributed by atoms with van der Waals surface area (Å²) in [6, 6.07) is 14.1. The molecule has 9 nitrogen and oxygen atoms in total. The molecule has 0 fully saturated rings. The van der Waals surface area contributed by atoms with Crippen molar-refractivity contribution in [3.05, 3.63) is 72.4 Å². The summed E-state index contributed by atoms with van der Waals surface area (Å²) in [7, 11) is 0. The van der Waals surface area contributed by atoms with E-state index in [-0.39, 0.29) is 11.4 Å². The maximum absolute atomic E-state index is 12.7. The highest BCUT2D eigenvalue weighted by atomic mass is 16.3. The van der Waals surface area contributed by atoms with Gasteiger partial charge >= 0.3 is 0 Å². The first-order valence-corrected chi connectivity index (χ1v) is 8.98. The van der Waals surface area contributed by atoms with E-state index < -0.39 is 11.8 Å². The number of aromatic nitrogens is 4. The van der Waals surface area contributed by atoms with Gasteiger partial charge < -0.3 is 15.1 Å². The summed E-state index contributed by atoms with van der Waals surface area (Å²) < 4.78 is 6.86. The molecule has 1 aromatic carbocycles. The van der Waals surface area contributed by atoms with Crippen LogP contribution in [0.5, 0.6) is 0 Å². The largest absolute Gasteiger partial charge is 0.463 e. The minimum Gasteiger partial charge on any atom is -0.463 e. The number of carbonyl (C=O) groups is 2. The zero-order valence-corrected chi connectivity index (χ0v) is 15.5. The number of para-hydroxylation sites is 1. The molecule has 0 saturated heterocycles. The first-order chi connectivity index (χ1) is 14.1. The van der Waals surface area contributed by atoms with Gasteiger partial charge in [-0.05, 0) is 31.2 Å². The average Bonchev–Trinajstić information content (AvgIpc) is 3.48. The fourth-order valence-electron chi connectivity index (χ4n) is 2.74. The summed E-state index contributed by atoms with van der Waals surface area (Å²) in [5.41, 5.74) is 1.79. The molecular weight excluding hydrogens is 372 g/mol. The lowest BCUT2D eigenvalue weighted by molar-refractivity contribution is 0.102.